The van der Waals surface area contributed by atoms with Crippen LogP contribution >= 0.6 is 0 Å². The molecule has 10 nitrogen and oxygen atoms in total. The number of hydrogen-bond donors (Lipinski definition) is 0. The highest BCUT2D eigenvalue weighted by atomic mass is 16.7. The van der Waals surface area contributed by atoms with E-state index in [1.165, 1.54) is 6.26 Å². The predicted octanol–water partition coefficient (Wildman–Crippen LogP) is 4.03. The number of hydrogen-bond acceptors (Lipinski definition) is 9. The van der Waals surface area contributed by atoms with E-state index in [0.29, 0.717) is 51.6 Å². The molecule has 1 fully saturated rings. The third-order valence-corrected chi connectivity index (χ3v) is 6.84. The van der Waals surface area contributed by atoms with Crippen LogP contribution in [0.25, 0.3) is 0 Å². The van der Waals surface area contributed by atoms with E-state index in [1.54, 1.807) is 18.9 Å². The number of carbonyl (C=O) groups excluding carboxylic acids is 2. The van der Waals surface area contributed by atoms with E-state index in [1.807, 2.05) is 42.5 Å². The highest BCUT2D eigenvalue weighted by Gasteiger charge is 2.31. The van der Waals surface area contributed by atoms with Crippen molar-refractivity contribution in [3.63, 3.8) is 0 Å². The third kappa shape index (κ3) is 6.51. The number of amides is 1. The van der Waals surface area contributed by atoms with Gasteiger partial charge in [-0.2, -0.15) is 0 Å². The maximum atomic E-state index is 13.2. The first-order valence-electron chi connectivity index (χ1n) is 13.2. The minimum atomic E-state index is -0.311. The molecular formula is C29H33N3O7. The van der Waals surface area contributed by atoms with E-state index in [-0.39, 0.29) is 30.3 Å². The maximum Gasteiger partial charge on any atom is 0.310 e. The number of ether oxygens (including phenoxy) is 4. The molecule has 3 heterocycles. The SMILES string of the molecule is CCOC(=O)[C@H]1CCCN(C(=O)c2coc(CN(Cc3cccc(OC)c3)Cc3ccc4c(c3)OCO4)n2)C1. The summed E-state index contributed by atoms with van der Waals surface area (Å²) in [6, 6.07) is 13.8. The number of likely N-dealkylation sites (tertiary alicyclic amines) is 1. The lowest BCUT2D eigenvalue weighted by Crippen LogP contribution is -2.43. The molecule has 0 radical (unpaired) electrons. The predicted molar refractivity (Wildman–Crippen MR) is 140 cm³/mol. The van der Waals surface area contributed by atoms with Gasteiger partial charge in [-0.25, -0.2) is 4.98 Å². The molecule has 2 aliphatic rings. The van der Waals surface area contributed by atoms with Crippen LogP contribution in [0.3, 0.4) is 0 Å². The fourth-order valence-corrected chi connectivity index (χ4v) is 4.94. The highest BCUT2D eigenvalue weighted by Crippen LogP contribution is 2.33. The van der Waals surface area contributed by atoms with Gasteiger partial charge in [0.25, 0.3) is 5.91 Å². The Morgan fingerprint density at radius 1 is 1.08 bits per heavy atom. The fourth-order valence-electron chi connectivity index (χ4n) is 4.94. The summed E-state index contributed by atoms with van der Waals surface area (Å²) < 4.78 is 27.3. The Morgan fingerprint density at radius 3 is 2.72 bits per heavy atom. The van der Waals surface area contributed by atoms with Gasteiger partial charge in [0, 0.05) is 26.2 Å². The van der Waals surface area contributed by atoms with Gasteiger partial charge in [-0.05, 0) is 55.2 Å². The Balaban J connectivity index is 1.30. The van der Waals surface area contributed by atoms with Crippen molar-refractivity contribution in [1.82, 2.24) is 14.8 Å². The summed E-state index contributed by atoms with van der Waals surface area (Å²) in [6.45, 7) is 4.80. The number of aromatic nitrogens is 1. The maximum absolute atomic E-state index is 13.2. The van der Waals surface area contributed by atoms with Gasteiger partial charge in [-0.1, -0.05) is 18.2 Å². The quantitative estimate of drug-likeness (QED) is 0.356. The number of benzene rings is 2. The van der Waals surface area contributed by atoms with E-state index in [0.717, 1.165) is 34.8 Å². The molecule has 3 aromatic rings. The Morgan fingerprint density at radius 2 is 1.90 bits per heavy atom. The molecule has 2 aromatic carbocycles. The largest absolute Gasteiger partial charge is 0.497 e. The Bertz CT molecular complexity index is 1310. The summed E-state index contributed by atoms with van der Waals surface area (Å²) in [7, 11) is 1.64. The Kier molecular flexibility index (Phi) is 8.31. The number of esters is 1. The van der Waals surface area contributed by atoms with Crippen molar-refractivity contribution in [3.8, 4) is 17.2 Å². The van der Waals surface area contributed by atoms with Gasteiger partial charge >= 0.3 is 5.97 Å². The normalized spacial score (nSPS) is 16.4. The van der Waals surface area contributed by atoms with Gasteiger partial charge in [0.15, 0.2) is 17.2 Å². The second-order valence-electron chi connectivity index (χ2n) is 9.65. The van der Waals surface area contributed by atoms with Gasteiger partial charge in [0.2, 0.25) is 12.7 Å². The van der Waals surface area contributed by atoms with Crippen molar-refractivity contribution in [3.05, 3.63) is 71.4 Å². The second-order valence-corrected chi connectivity index (χ2v) is 9.65. The van der Waals surface area contributed by atoms with Crippen LogP contribution in [-0.4, -0.2) is 60.3 Å². The summed E-state index contributed by atoms with van der Waals surface area (Å²) in [5.74, 6) is 1.86. The smallest absolute Gasteiger partial charge is 0.310 e. The standard InChI is InChI=1S/C29H33N3O7/c1-3-36-29(34)22-7-5-11-32(16-22)28(33)24-18-37-27(30-24)17-31(14-20-6-4-8-23(12-20)35-2)15-21-9-10-25-26(13-21)39-19-38-25/h4,6,8-10,12-13,18,22H,3,5,7,11,14-17,19H2,1-2H3/t22-/m0/s1. The molecular weight excluding hydrogens is 502 g/mol. The van der Waals surface area contributed by atoms with Gasteiger partial charge in [0.1, 0.15) is 12.0 Å². The fraction of sp³-hybridized carbons (Fsp3) is 0.414. The van der Waals surface area contributed by atoms with E-state index in [4.69, 9.17) is 23.4 Å². The number of piperidine rings is 1. The lowest BCUT2D eigenvalue weighted by Gasteiger charge is -2.30. The second kappa shape index (κ2) is 12.2. The van der Waals surface area contributed by atoms with Crippen LogP contribution in [0.15, 0.2) is 53.1 Å². The van der Waals surface area contributed by atoms with Gasteiger partial charge in [0.05, 0.1) is 26.2 Å². The lowest BCUT2D eigenvalue weighted by atomic mass is 9.98. The monoisotopic (exact) mass is 535 g/mol. The number of oxazole rings is 1. The molecule has 39 heavy (non-hydrogen) atoms. The molecule has 0 N–H and O–H groups in total. The van der Waals surface area contributed by atoms with Crippen molar-refractivity contribution in [2.45, 2.75) is 39.4 Å². The first-order valence-corrected chi connectivity index (χ1v) is 13.2. The number of carbonyl (C=O) groups is 2. The third-order valence-electron chi connectivity index (χ3n) is 6.84. The number of fused-ring (bicyclic) bond motifs is 1. The molecule has 0 spiro atoms. The van der Waals surface area contributed by atoms with Crippen molar-refractivity contribution >= 4 is 11.9 Å². The van der Waals surface area contributed by atoms with Crippen LogP contribution in [0, 0.1) is 5.92 Å². The number of rotatable bonds is 10. The molecule has 0 bridgehead atoms. The van der Waals surface area contributed by atoms with E-state index in [9.17, 15) is 9.59 Å². The van der Waals surface area contributed by atoms with Crippen LogP contribution in [0.5, 0.6) is 17.2 Å². The number of methoxy groups -OCH3 is 1. The van der Waals surface area contributed by atoms with Crippen molar-refractivity contribution in [1.29, 1.82) is 0 Å². The molecule has 0 unspecified atom stereocenters. The zero-order chi connectivity index (χ0) is 27.2. The first kappa shape index (κ1) is 26.6. The first-order chi connectivity index (χ1) is 19.0. The Hall–Kier alpha value is -4.05. The van der Waals surface area contributed by atoms with Gasteiger partial charge in [-0.3, -0.25) is 14.5 Å². The van der Waals surface area contributed by atoms with Gasteiger partial charge < -0.3 is 28.3 Å². The minimum absolute atomic E-state index is 0.219. The van der Waals surface area contributed by atoms with Crippen molar-refractivity contribution in [2.75, 3.05) is 33.6 Å². The zero-order valence-electron chi connectivity index (χ0n) is 22.3. The summed E-state index contributed by atoms with van der Waals surface area (Å²) in [4.78, 5) is 33.7. The van der Waals surface area contributed by atoms with E-state index in [2.05, 4.69) is 9.88 Å². The van der Waals surface area contributed by atoms with Crippen LogP contribution in [0.1, 0.15) is 47.3 Å². The van der Waals surface area contributed by atoms with Gasteiger partial charge in [-0.15, -0.1) is 0 Å². The summed E-state index contributed by atoms with van der Waals surface area (Å²) in [5.41, 5.74) is 2.35. The Labute approximate surface area is 227 Å². The molecule has 1 aromatic heterocycles. The summed E-state index contributed by atoms with van der Waals surface area (Å²) in [6.07, 6.45) is 2.85. The zero-order valence-corrected chi connectivity index (χ0v) is 22.3. The van der Waals surface area contributed by atoms with Crippen LogP contribution < -0.4 is 14.2 Å². The van der Waals surface area contributed by atoms with E-state index < -0.39 is 0 Å². The summed E-state index contributed by atoms with van der Waals surface area (Å²) in [5, 5.41) is 0. The minimum Gasteiger partial charge on any atom is -0.497 e. The van der Waals surface area contributed by atoms with Crippen molar-refractivity contribution in [2.24, 2.45) is 5.92 Å². The number of nitrogens with zero attached hydrogens (tertiary/aromatic N) is 3. The topological polar surface area (TPSA) is 104 Å². The molecule has 1 saturated heterocycles. The van der Waals surface area contributed by atoms with Crippen molar-refractivity contribution < 1.29 is 33.0 Å². The molecule has 1 atom stereocenters. The van der Waals surface area contributed by atoms with Crippen LogP contribution in [0.2, 0.25) is 0 Å². The average Bonchev–Trinajstić information content (AvgIpc) is 3.62. The highest BCUT2D eigenvalue weighted by molar-refractivity contribution is 5.92. The molecule has 206 valence electrons. The molecule has 1 amide bonds. The molecule has 10 heteroatoms. The average molecular weight is 536 g/mol. The van der Waals surface area contributed by atoms with Crippen LogP contribution in [0.4, 0.5) is 0 Å². The molecule has 0 saturated carbocycles. The van der Waals surface area contributed by atoms with Crippen LogP contribution in [-0.2, 0) is 29.2 Å². The molecule has 0 aliphatic carbocycles. The molecule has 2 aliphatic heterocycles. The van der Waals surface area contributed by atoms with E-state index >= 15 is 0 Å². The summed E-state index contributed by atoms with van der Waals surface area (Å²) >= 11 is 0. The lowest BCUT2D eigenvalue weighted by molar-refractivity contribution is -0.149. The molecule has 5 rings (SSSR count).